The zero-order valence-electron chi connectivity index (χ0n) is 10.5. The first kappa shape index (κ1) is 15.6. The third kappa shape index (κ3) is 4.94. The second-order valence-electron chi connectivity index (χ2n) is 4.14. The van der Waals surface area contributed by atoms with E-state index in [2.05, 4.69) is 5.32 Å². The molecule has 7 heteroatoms. The largest absolute Gasteiger partial charge is 0.497 e. The SMILES string of the molecule is COc1ccc(C(N)=S)c(NC(C)CC(F)(F)F)c1. The van der Waals surface area contributed by atoms with Gasteiger partial charge in [-0.05, 0) is 19.1 Å². The number of ether oxygens (including phenoxy) is 1. The molecule has 1 aromatic rings. The first-order valence-corrected chi connectivity index (χ1v) is 5.95. The Morgan fingerprint density at radius 3 is 2.58 bits per heavy atom. The molecule has 0 heterocycles. The Morgan fingerprint density at radius 2 is 2.11 bits per heavy atom. The minimum Gasteiger partial charge on any atom is -0.497 e. The minimum atomic E-state index is -4.23. The zero-order chi connectivity index (χ0) is 14.6. The summed E-state index contributed by atoms with van der Waals surface area (Å²) in [6, 6.07) is 4.04. The topological polar surface area (TPSA) is 47.3 Å². The average Bonchev–Trinajstić information content (AvgIpc) is 2.25. The Kier molecular flexibility index (Phi) is 4.99. The minimum absolute atomic E-state index is 0.115. The van der Waals surface area contributed by atoms with Crippen LogP contribution in [0.25, 0.3) is 0 Å². The molecule has 0 saturated heterocycles. The summed E-state index contributed by atoms with van der Waals surface area (Å²) in [5.41, 5.74) is 6.46. The van der Waals surface area contributed by atoms with Gasteiger partial charge >= 0.3 is 6.18 Å². The molecule has 0 bridgehead atoms. The number of anilines is 1. The highest BCUT2D eigenvalue weighted by Crippen LogP contribution is 2.27. The molecule has 106 valence electrons. The van der Waals surface area contributed by atoms with Gasteiger partial charge in [-0.1, -0.05) is 12.2 Å². The number of nitrogens with two attached hydrogens (primary N) is 1. The number of thiocarbonyl (C=S) groups is 1. The summed E-state index contributed by atoms with van der Waals surface area (Å²) in [7, 11) is 1.47. The summed E-state index contributed by atoms with van der Waals surface area (Å²) in [5.74, 6) is 0.515. The molecule has 0 aliphatic heterocycles. The molecule has 3 N–H and O–H groups in total. The fourth-order valence-electron chi connectivity index (χ4n) is 1.65. The second kappa shape index (κ2) is 6.10. The van der Waals surface area contributed by atoms with E-state index < -0.39 is 18.6 Å². The Hall–Kier alpha value is -1.50. The summed E-state index contributed by atoms with van der Waals surface area (Å²) in [4.78, 5) is 0.115. The van der Waals surface area contributed by atoms with Crippen LogP contribution in [0.3, 0.4) is 0 Å². The molecule has 0 spiro atoms. The lowest BCUT2D eigenvalue weighted by Crippen LogP contribution is -2.25. The normalized spacial score (nSPS) is 12.9. The molecule has 0 saturated carbocycles. The third-order valence-electron chi connectivity index (χ3n) is 2.43. The van der Waals surface area contributed by atoms with E-state index in [4.69, 9.17) is 22.7 Å². The van der Waals surface area contributed by atoms with Crippen molar-refractivity contribution in [2.24, 2.45) is 5.73 Å². The summed E-state index contributed by atoms with van der Waals surface area (Å²) < 4.78 is 41.9. The van der Waals surface area contributed by atoms with Crippen LogP contribution in [0, 0.1) is 0 Å². The smallest absolute Gasteiger partial charge is 0.391 e. The van der Waals surface area contributed by atoms with Gasteiger partial charge in [-0.15, -0.1) is 0 Å². The number of methoxy groups -OCH3 is 1. The van der Waals surface area contributed by atoms with Crippen LogP contribution in [0.2, 0.25) is 0 Å². The van der Waals surface area contributed by atoms with E-state index in [1.165, 1.54) is 14.0 Å². The van der Waals surface area contributed by atoms with Gasteiger partial charge < -0.3 is 15.8 Å². The van der Waals surface area contributed by atoms with Gasteiger partial charge in [0, 0.05) is 23.4 Å². The van der Waals surface area contributed by atoms with Gasteiger partial charge in [0.15, 0.2) is 0 Å². The quantitative estimate of drug-likeness (QED) is 0.819. The Bertz CT molecular complexity index is 463. The van der Waals surface area contributed by atoms with Gasteiger partial charge in [-0.3, -0.25) is 0 Å². The maximum Gasteiger partial charge on any atom is 0.391 e. The van der Waals surface area contributed by atoms with Gasteiger partial charge in [0.25, 0.3) is 0 Å². The molecule has 0 aliphatic rings. The van der Waals surface area contributed by atoms with E-state index in [1.807, 2.05) is 0 Å². The standard InChI is InChI=1S/C12H15F3N2OS/c1-7(6-12(13,14)15)17-10-5-8(18-2)3-4-9(10)11(16)19/h3-5,7,17H,6H2,1-2H3,(H2,16,19). The Morgan fingerprint density at radius 1 is 1.47 bits per heavy atom. The van der Waals surface area contributed by atoms with Crippen LogP contribution in [0.4, 0.5) is 18.9 Å². The maximum absolute atomic E-state index is 12.3. The number of hydrogen-bond acceptors (Lipinski definition) is 3. The molecular formula is C12H15F3N2OS. The summed E-state index contributed by atoms with van der Waals surface area (Å²) >= 11 is 4.87. The van der Waals surface area contributed by atoms with E-state index in [-0.39, 0.29) is 4.99 Å². The first-order chi connectivity index (χ1) is 8.73. The summed E-state index contributed by atoms with van der Waals surface area (Å²) in [6.45, 7) is 1.44. The predicted octanol–water partition coefficient (Wildman–Crippen LogP) is 3.08. The predicted molar refractivity (Wildman–Crippen MR) is 72.6 cm³/mol. The van der Waals surface area contributed by atoms with E-state index in [0.717, 1.165) is 0 Å². The van der Waals surface area contributed by atoms with Crippen LogP contribution in [-0.4, -0.2) is 24.3 Å². The fourth-order valence-corrected chi connectivity index (χ4v) is 1.83. The highest BCUT2D eigenvalue weighted by molar-refractivity contribution is 7.80. The number of nitrogens with one attached hydrogen (secondary N) is 1. The monoisotopic (exact) mass is 292 g/mol. The molecule has 0 fully saturated rings. The lowest BCUT2D eigenvalue weighted by atomic mass is 10.1. The number of benzene rings is 1. The van der Waals surface area contributed by atoms with E-state index in [1.54, 1.807) is 18.2 Å². The molecule has 0 aromatic heterocycles. The third-order valence-corrected chi connectivity index (χ3v) is 2.65. The zero-order valence-corrected chi connectivity index (χ0v) is 11.4. The van der Waals surface area contributed by atoms with Gasteiger partial charge in [-0.2, -0.15) is 13.2 Å². The Balaban J connectivity index is 2.94. The van der Waals surface area contributed by atoms with E-state index in [0.29, 0.717) is 17.0 Å². The average molecular weight is 292 g/mol. The lowest BCUT2D eigenvalue weighted by molar-refractivity contribution is -0.136. The molecule has 1 unspecified atom stereocenters. The van der Waals surface area contributed by atoms with Crippen molar-refractivity contribution in [1.82, 2.24) is 0 Å². The molecule has 19 heavy (non-hydrogen) atoms. The Labute approximate surface area is 114 Å². The van der Waals surface area contributed by atoms with Crippen LogP contribution >= 0.6 is 12.2 Å². The van der Waals surface area contributed by atoms with Crippen LogP contribution in [0.5, 0.6) is 5.75 Å². The van der Waals surface area contributed by atoms with Crippen LogP contribution in [0.1, 0.15) is 18.9 Å². The molecule has 0 amide bonds. The van der Waals surface area contributed by atoms with Gasteiger partial charge in [0.05, 0.1) is 13.5 Å². The number of halogens is 3. The molecule has 1 rings (SSSR count). The van der Waals surface area contributed by atoms with E-state index >= 15 is 0 Å². The van der Waals surface area contributed by atoms with Crippen molar-refractivity contribution >= 4 is 22.9 Å². The second-order valence-corrected chi connectivity index (χ2v) is 4.58. The number of alkyl halides is 3. The van der Waals surface area contributed by atoms with Gasteiger partial charge in [0.2, 0.25) is 0 Å². The molecule has 1 atom stereocenters. The summed E-state index contributed by atoms with van der Waals surface area (Å²) in [6.07, 6.45) is -5.17. The van der Waals surface area contributed by atoms with Crippen molar-refractivity contribution in [2.75, 3.05) is 12.4 Å². The lowest BCUT2D eigenvalue weighted by Gasteiger charge is -2.19. The number of rotatable bonds is 5. The molecular weight excluding hydrogens is 277 g/mol. The highest BCUT2D eigenvalue weighted by atomic mass is 32.1. The number of hydrogen-bond donors (Lipinski definition) is 2. The van der Waals surface area contributed by atoms with Crippen molar-refractivity contribution in [3.63, 3.8) is 0 Å². The molecule has 1 aromatic carbocycles. The van der Waals surface area contributed by atoms with Crippen LogP contribution in [0.15, 0.2) is 18.2 Å². The van der Waals surface area contributed by atoms with Gasteiger partial charge in [0.1, 0.15) is 10.7 Å². The van der Waals surface area contributed by atoms with Crippen molar-refractivity contribution in [2.45, 2.75) is 25.6 Å². The van der Waals surface area contributed by atoms with Crippen molar-refractivity contribution < 1.29 is 17.9 Å². The van der Waals surface area contributed by atoms with Crippen molar-refractivity contribution in [3.8, 4) is 5.75 Å². The van der Waals surface area contributed by atoms with Crippen LogP contribution in [-0.2, 0) is 0 Å². The van der Waals surface area contributed by atoms with Crippen LogP contribution < -0.4 is 15.8 Å². The van der Waals surface area contributed by atoms with Gasteiger partial charge in [-0.25, -0.2) is 0 Å². The molecule has 3 nitrogen and oxygen atoms in total. The van der Waals surface area contributed by atoms with E-state index in [9.17, 15) is 13.2 Å². The first-order valence-electron chi connectivity index (χ1n) is 5.54. The highest BCUT2D eigenvalue weighted by Gasteiger charge is 2.30. The molecule has 0 radical (unpaired) electrons. The summed E-state index contributed by atoms with van der Waals surface area (Å²) in [5, 5.41) is 2.76. The fraction of sp³-hybridized carbons (Fsp3) is 0.417. The van der Waals surface area contributed by atoms with Crippen molar-refractivity contribution in [3.05, 3.63) is 23.8 Å². The van der Waals surface area contributed by atoms with Crippen molar-refractivity contribution in [1.29, 1.82) is 0 Å². The molecule has 0 aliphatic carbocycles. The maximum atomic E-state index is 12.3.